The van der Waals surface area contributed by atoms with Gasteiger partial charge in [-0.05, 0) is 67.8 Å². The zero-order valence-electron chi connectivity index (χ0n) is 18.5. The zero-order chi connectivity index (χ0) is 21.9. The third kappa shape index (κ3) is 7.29. The Kier molecular flexibility index (Phi) is 10.3. The third-order valence-corrected chi connectivity index (χ3v) is 10.4. The van der Waals surface area contributed by atoms with Gasteiger partial charge in [0.15, 0.2) is 0 Å². The van der Waals surface area contributed by atoms with Gasteiger partial charge in [0, 0.05) is 3.92 Å². The summed E-state index contributed by atoms with van der Waals surface area (Å²) in [6.07, 6.45) is 9.10. The number of allylic oxidation sites excluding steroid dienone is 1. The molecule has 0 radical (unpaired) electrons. The lowest BCUT2D eigenvalue weighted by Crippen LogP contribution is -2.20. The first-order chi connectivity index (χ1) is 15.2. The molecule has 1 aliphatic carbocycles. The lowest BCUT2D eigenvalue weighted by molar-refractivity contribution is 0.306. The molecule has 0 N–H and O–H groups in total. The molecule has 0 bridgehead atoms. The molecule has 0 saturated heterocycles. The summed E-state index contributed by atoms with van der Waals surface area (Å²) in [5.41, 5.74) is 0. The summed E-state index contributed by atoms with van der Waals surface area (Å²) in [4.78, 5) is 0. The van der Waals surface area contributed by atoms with Crippen LogP contribution < -0.4 is 15.9 Å². The van der Waals surface area contributed by atoms with Gasteiger partial charge in [0.1, 0.15) is 0 Å². The van der Waals surface area contributed by atoms with Gasteiger partial charge < -0.3 is 0 Å². The number of halogens is 1. The molecular weight excluding hydrogens is 506 g/mol. The second kappa shape index (κ2) is 13.2. The minimum atomic E-state index is -0.446. The molecule has 0 heterocycles. The van der Waals surface area contributed by atoms with Crippen molar-refractivity contribution in [3.8, 4) is 0 Å². The van der Waals surface area contributed by atoms with Gasteiger partial charge in [0.25, 0.3) is 0 Å². The maximum Gasteiger partial charge on any atom is 0.0135 e. The highest BCUT2D eigenvalue weighted by Crippen LogP contribution is 2.35. The number of rotatable bonds is 6. The van der Waals surface area contributed by atoms with Gasteiger partial charge in [-0.15, -0.1) is 6.58 Å². The van der Waals surface area contributed by atoms with E-state index < -0.39 is 7.92 Å². The predicted molar refractivity (Wildman–Crippen MR) is 149 cm³/mol. The third-order valence-electron chi connectivity index (χ3n) is 6.09. The quantitative estimate of drug-likeness (QED) is 0.131. The van der Waals surface area contributed by atoms with Crippen LogP contribution in [0, 0.1) is 11.8 Å². The van der Waals surface area contributed by atoms with E-state index in [1.165, 1.54) is 48.0 Å². The highest BCUT2D eigenvalue weighted by molar-refractivity contribution is 14.1. The van der Waals surface area contributed by atoms with E-state index in [1.54, 1.807) is 0 Å². The van der Waals surface area contributed by atoms with Crippen LogP contribution in [0.25, 0.3) is 0 Å². The van der Waals surface area contributed by atoms with Crippen LogP contribution in [0.5, 0.6) is 0 Å². The molecule has 2 heteroatoms. The molecule has 3 aromatic carbocycles. The van der Waals surface area contributed by atoms with Crippen molar-refractivity contribution < 1.29 is 0 Å². The summed E-state index contributed by atoms with van der Waals surface area (Å²) in [5, 5.41) is 4.19. The average Bonchev–Trinajstić information content (AvgIpc) is 2.86. The molecule has 3 aromatic rings. The van der Waals surface area contributed by atoms with Crippen LogP contribution in [0.4, 0.5) is 0 Å². The average molecular weight is 540 g/mol. The topological polar surface area (TPSA) is 0 Å². The van der Waals surface area contributed by atoms with Crippen LogP contribution in [-0.2, 0) is 0 Å². The predicted octanol–water partition coefficient (Wildman–Crippen LogP) is 7.64. The highest BCUT2D eigenvalue weighted by Gasteiger charge is 2.23. The number of benzene rings is 3. The summed E-state index contributed by atoms with van der Waals surface area (Å²) in [7, 11) is -0.446. The molecule has 0 amide bonds. The Morgan fingerprint density at radius 2 is 1.16 bits per heavy atom. The fourth-order valence-electron chi connectivity index (χ4n) is 4.25. The van der Waals surface area contributed by atoms with E-state index in [1.807, 2.05) is 0 Å². The molecule has 4 rings (SSSR count). The Hall–Kier alpha value is -1.44. The maximum atomic E-state index is 3.87. The van der Waals surface area contributed by atoms with E-state index in [2.05, 4.69) is 133 Å². The fourth-order valence-corrected chi connectivity index (χ4v) is 7.28. The smallest absolute Gasteiger partial charge is 0.0135 e. The van der Waals surface area contributed by atoms with E-state index in [0.29, 0.717) is 0 Å². The first-order valence-corrected chi connectivity index (χ1v) is 14.0. The van der Waals surface area contributed by atoms with E-state index >= 15 is 0 Å². The van der Waals surface area contributed by atoms with Gasteiger partial charge >= 0.3 is 0 Å². The van der Waals surface area contributed by atoms with E-state index in [9.17, 15) is 0 Å². The molecule has 1 aliphatic rings. The van der Waals surface area contributed by atoms with Crippen LogP contribution in [0.3, 0.4) is 0 Å². The van der Waals surface area contributed by atoms with Gasteiger partial charge in [0.2, 0.25) is 0 Å². The zero-order valence-corrected chi connectivity index (χ0v) is 21.6. The van der Waals surface area contributed by atoms with Crippen LogP contribution in [0.1, 0.15) is 39.0 Å². The van der Waals surface area contributed by atoms with Crippen molar-refractivity contribution in [1.29, 1.82) is 0 Å². The van der Waals surface area contributed by atoms with Gasteiger partial charge in [-0.25, -0.2) is 0 Å². The Bertz CT molecular complexity index is 776. The summed E-state index contributed by atoms with van der Waals surface area (Å²) >= 11 is 2.62. The number of hydrogen-bond acceptors (Lipinski definition) is 0. The van der Waals surface area contributed by atoms with Crippen molar-refractivity contribution in [2.45, 2.75) is 43.0 Å². The second-order valence-corrected chi connectivity index (χ2v) is 12.0. The van der Waals surface area contributed by atoms with Gasteiger partial charge in [-0.1, -0.05) is 127 Å². The molecule has 1 atom stereocenters. The minimum Gasteiger partial charge on any atom is -0.103 e. The van der Waals surface area contributed by atoms with E-state index in [4.69, 9.17) is 0 Å². The van der Waals surface area contributed by atoms with Gasteiger partial charge in [0.05, 0.1) is 0 Å². The van der Waals surface area contributed by atoms with Crippen molar-refractivity contribution >= 4 is 46.4 Å². The van der Waals surface area contributed by atoms with Crippen molar-refractivity contribution in [2.75, 3.05) is 0 Å². The lowest BCUT2D eigenvalue weighted by Gasteiger charge is -2.29. The Labute approximate surface area is 204 Å². The molecule has 0 spiro atoms. The van der Waals surface area contributed by atoms with Crippen LogP contribution in [-0.4, -0.2) is 3.92 Å². The Morgan fingerprint density at radius 3 is 1.48 bits per heavy atom. The molecule has 162 valence electrons. The van der Waals surface area contributed by atoms with Crippen molar-refractivity contribution in [3.63, 3.8) is 0 Å². The largest absolute Gasteiger partial charge is 0.103 e. The number of alkyl halides is 1. The molecule has 1 fully saturated rings. The first kappa shape index (κ1) is 24.2. The second-order valence-electron chi connectivity index (χ2n) is 8.18. The first-order valence-electron chi connectivity index (χ1n) is 11.4. The fraction of sp³-hybridized carbons (Fsp3) is 0.310. The molecule has 0 nitrogen and oxygen atoms in total. The summed E-state index contributed by atoms with van der Waals surface area (Å²) in [5.74, 6) is 1.81. The van der Waals surface area contributed by atoms with E-state index in [-0.39, 0.29) is 0 Å². The van der Waals surface area contributed by atoms with Crippen molar-refractivity contribution in [3.05, 3.63) is 104 Å². The van der Waals surface area contributed by atoms with Crippen molar-refractivity contribution in [1.82, 2.24) is 0 Å². The van der Waals surface area contributed by atoms with Crippen LogP contribution in [0.15, 0.2) is 104 Å². The van der Waals surface area contributed by atoms with Crippen LogP contribution in [0.2, 0.25) is 0 Å². The maximum absolute atomic E-state index is 3.87. The molecule has 1 saturated carbocycles. The van der Waals surface area contributed by atoms with Crippen LogP contribution >= 0.6 is 30.5 Å². The molecule has 31 heavy (non-hydrogen) atoms. The SMILES string of the molecule is C=C[C@H]1CC[C@H](C(I)CC)CC1.c1ccc(P(c2ccccc2)c2ccccc2)cc1. The summed E-state index contributed by atoms with van der Waals surface area (Å²) in [6.45, 7) is 6.17. The van der Waals surface area contributed by atoms with E-state index in [0.717, 1.165) is 15.8 Å². The Morgan fingerprint density at radius 1 is 0.774 bits per heavy atom. The molecular formula is C29H34IP. The highest BCUT2D eigenvalue weighted by atomic mass is 127. The summed E-state index contributed by atoms with van der Waals surface area (Å²) < 4.78 is 0.911. The normalized spacial score (nSPS) is 19.2. The monoisotopic (exact) mass is 540 g/mol. The van der Waals surface area contributed by atoms with Crippen molar-refractivity contribution in [2.24, 2.45) is 11.8 Å². The summed E-state index contributed by atoms with van der Waals surface area (Å²) in [6, 6.07) is 32.3. The molecule has 1 unspecified atom stereocenters. The van der Waals surface area contributed by atoms with Gasteiger partial charge in [-0.3, -0.25) is 0 Å². The lowest BCUT2D eigenvalue weighted by atomic mass is 9.80. The molecule has 0 aliphatic heterocycles. The number of hydrogen-bond donors (Lipinski definition) is 0. The Balaban J connectivity index is 0.000000196. The van der Waals surface area contributed by atoms with Gasteiger partial charge in [-0.2, -0.15) is 0 Å². The minimum absolute atomic E-state index is 0.446. The standard InChI is InChI=1S/C18H15P.C11H19I/c1-4-10-16(11-5-1)19(17-12-6-2-7-13-17)18-14-8-3-9-15-18;1-3-9-5-7-10(8-6-9)11(12)4-2/h1-15H;3,9-11H,1,4-8H2,2H3/t;9-,10-,11?. The molecule has 0 aromatic heterocycles.